The fraction of sp³-hybridized carbons (Fsp3) is 0.882. The molecule has 0 aliphatic rings. The molecule has 0 aromatic heterocycles. The predicted molar refractivity (Wildman–Crippen MR) is 89.1 cm³/mol. The summed E-state index contributed by atoms with van der Waals surface area (Å²) >= 11 is 0. The van der Waals surface area contributed by atoms with Gasteiger partial charge in [-0.25, -0.2) is 0 Å². The molecule has 0 aromatic rings. The van der Waals surface area contributed by atoms with Gasteiger partial charge in [0.15, 0.2) is 0 Å². The molecule has 0 aliphatic carbocycles. The molecule has 0 saturated heterocycles. The number of hydrogen-bond acceptors (Lipinski definition) is 6. The minimum atomic E-state index is -0.497. The summed E-state index contributed by atoms with van der Waals surface area (Å²) in [5.41, 5.74) is -0.993. The molecule has 0 amide bonds. The zero-order chi connectivity index (χ0) is 18.1. The maximum absolute atomic E-state index is 11.8. The lowest BCUT2D eigenvalue weighted by atomic mass is 10.2. The summed E-state index contributed by atoms with van der Waals surface area (Å²) in [4.78, 5) is 25.5. The average molecular weight is 331 g/mol. The number of hydrogen-bond donors (Lipinski definition) is 1. The average Bonchev–Trinajstić information content (AvgIpc) is 2.33. The lowest BCUT2D eigenvalue weighted by Crippen LogP contribution is -2.33. The fourth-order valence-corrected chi connectivity index (χ4v) is 1.91. The predicted octanol–water partition coefficient (Wildman–Crippen LogP) is 2.13. The van der Waals surface area contributed by atoms with Crippen molar-refractivity contribution in [1.82, 2.24) is 4.90 Å². The number of carbonyl (C=O) groups excluding carboxylic acids is 2. The van der Waals surface area contributed by atoms with E-state index in [0.717, 1.165) is 0 Å². The van der Waals surface area contributed by atoms with Crippen LogP contribution in [0.2, 0.25) is 0 Å². The Bertz CT molecular complexity index is 336. The Hall–Kier alpha value is -1.14. The van der Waals surface area contributed by atoms with Crippen LogP contribution in [0.5, 0.6) is 0 Å². The molecule has 0 spiro atoms. The van der Waals surface area contributed by atoms with Crippen molar-refractivity contribution in [3.05, 3.63) is 0 Å². The molecule has 6 heteroatoms. The molecule has 23 heavy (non-hydrogen) atoms. The minimum Gasteiger partial charge on any atom is -0.460 e. The van der Waals surface area contributed by atoms with Gasteiger partial charge in [-0.3, -0.25) is 9.59 Å². The molecule has 1 N–H and O–H groups in total. The van der Waals surface area contributed by atoms with Crippen molar-refractivity contribution >= 4 is 11.9 Å². The zero-order valence-corrected chi connectivity index (χ0v) is 15.5. The lowest BCUT2D eigenvalue weighted by Gasteiger charge is -2.24. The lowest BCUT2D eigenvalue weighted by molar-refractivity contribution is -0.155. The number of rotatable bonds is 9. The van der Waals surface area contributed by atoms with E-state index in [1.165, 1.54) is 0 Å². The molecule has 0 bridgehead atoms. The van der Waals surface area contributed by atoms with Gasteiger partial charge in [-0.2, -0.15) is 0 Å². The van der Waals surface area contributed by atoms with Gasteiger partial charge < -0.3 is 19.5 Å². The molecule has 0 fully saturated rings. The number of aliphatic hydroxyl groups is 1. The van der Waals surface area contributed by atoms with Crippen LogP contribution in [-0.2, 0) is 19.1 Å². The number of carbonyl (C=O) groups is 2. The summed E-state index contributed by atoms with van der Waals surface area (Å²) in [7, 11) is 0. The fourth-order valence-electron chi connectivity index (χ4n) is 1.91. The van der Waals surface area contributed by atoms with Crippen molar-refractivity contribution in [1.29, 1.82) is 0 Å². The van der Waals surface area contributed by atoms with Gasteiger partial charge in [0.1, 0.15) is 11.2 Å². The molecular weight excluding hydrogens is 298 g/mol. The summed E-state index contributed by atoms with van der Waals surface area (Å²) in [6.07, 6.45) is 1.12. The molecule has 0 unspecified atom stereocenters. The summed E-state index contributed by atoms with van der Waals surface area (Å²) in [6.45, 7) is 12.7. The number of aliphatic hydroxyl groups excluding tert-OH is 1. The third-order valence-corrected chi connectivity index (χ3v) is 2.74. The monoisotopic (exact) mass is 331 g/mol. The van der Waals surface area contributed by atoms with E-state index in [2.05, 4.69) is 0 Å². The minimum absolute atomic E-state index is 0.0787. The molecule has 0 atom stereocenters. The molecule has 0 aliphatic heterocycles. The molecule has 0 saturated carbocycles. The number of ether oxygens (including phenoxy) is 2. The van der Waals surface area contributed by atoms with Crippen molar-refractivity contribution in [3.8, 4) is 0 Å². The summed E-state index contributed by atoms with van der Waals surface area (Å²) < 4.78 is 10.6. The Kier molecular flexibility index (Phi) is 9.39. The van der Waals surface area contributed by atoms with Crippen molar-refractivity contribution in [2.75, 3.05) is 26.2 Å². The largest absolute Gasteiger partial charge is 0.460 e. The quantitative estimate of drug-likeness (QED) is 0.652. The van der Waals surface area contributed by atoms with E-state index < -0.39 is 11.2 Å². The third kappa shape index (κ3) is 14.2. The van der Waals surface area contributed by atoms with Crippen LogP contribution in [0.1, 0.15) is 60.8 Å². The third-order valence-electron chi connectivity index (χ3n) is 2.74. The Balaban J connectivity index is 4.30. The highest BCUT2D eigenvalue weighted by atomic mass is 16.6. The molecule has 0 radical (unpaired) electrons. The van der Waals surface area contributed by atoms with Crippen LogP contribution in [-0.4, -0.2) is 59.4 Å². The van der Waals surface area contributed by atoms with Crippen LogP contribution in [0.4, 0.5) is 0 Å². The van der Waals surface area contributed by atoms with E-state index >= 15 is 0 Å². The first kappa shape index (κ1) is 21.9. The van der Waals surface area contributed by atoms with E-state index in [1.807, 2.05) is 46.4 Å². The second-order valence-corrected chi connectivity index (χ2v) is 7.59. The second-order valence-electron chi connectivity index (χ2n) is 7.59. The van der Waals surface area contributed by atoms with Crippen LogP contribution in [0.3, 0.4) is 0 Å². The molecule has 6 nitrogen and oxygen atoms in total. The normalized spacial score (nSPS) is 12.3. The second kappa shape index (κ2) is 9.88. The molecule has 0 rings (SSSR count). The van der Waals surface area contributed by atoms with Gasteiger partial charge in [0.05, 0.1) is 12.8 Å². The molecule has 0 aromatic carbocycles. The highest BCUT2D eigenvalue weighted by Crippen LogP contribution is 2.10. The van der Waals surface area contributed by atoms with E-state index in [1.54, 1.807) is 0 Å². The highest BCUT2D eigenvalue weighted by molar-refractivity contribution is 5.70. The van der Waals surface area contributed by atoms with Crippen LogP contribution in [0, 0.1) is 0 Å². The Morgan fingerprint density at radius 2 is 1.22 bits per heavy atom. The van der Waals surface area contributed by atoms with E-state index in [0.29, 0.717) is 26.1 Å². The first-order valence-electron chi connectivity index (χ1n) is 8.20. The van der Waals surface area contributed by atoms with Gasteiger partial charge in [0.2, 0.25) is 0 Å². The maximum atomic E-state index is 11.8. The molecule has 136 valence electrons. The molecular formula is C17H33NO5. The van der Waals surface area contributed by atoms with E-state index in [-0.39, 0.29) is 31.4 Å². The summed E-state index contributed by atoms with van der Waals surface area (Å²) in [5.74, 6) is -0.521. The first-order chi connectivity index (χ1) is 10.4. The van der Waals surface area contributed by atoms with Gasteiger partial charge >= 0.3 is 11.9 Å². The van der Waals surface area contributed by atoms with Gasteiger partial charge in [0.25, 0.3) is 0 Å². The Labute approximate surface area is 140 Å². The topological polar surface area (TPSA) is 76.1 Å². The maximum Gasteiger partial charge on any atom is 0.307 e. The Morgan fingerprint density at radius 3 is 1.52 bits per heavy atom. The number of nitrogens with zero attached hydrogens (tertiary/aromatic N) is 1. The van der Waals surface area contributed by atoms with Gasteiger partial charge in [-0.15, -0.1) is 0 Å². The zero-order valence-electron chi connectivity index (χ0n) is 15.5. The standard InChI is InChI=1S/C17H33NO5/c1-16(2,3)22-14(20)8-11-18(10-7-13-19)12-9-15(21)23-17(4,5)6/h19H,7-13H2,1-6H3. The van der Waals surface area contributed by atoms with Crippen LogP contribution in [0.15, 0.2) is 0 Å². The highest BCUT2D eigenvalue weighted by Gasteiger charge is 2.19. The Morgan fingerprint density at radius 1 is 0.826 bits per heavy atom. The van der Waals surface area contributed by atoms with Crippen LogP contribution >= 0.6 is 0 Å². The van der Waals surface area contributed by atoms with Crippen LogP contribution < -0.4 is 0 Å². The summed E-state index contributed by atoms with van der Waals surface area (Å²) in [6, 6.07) is 0. The van der Waals surface area contributed by atoms with Crippen molar-refractivity contribution in [3.63, 3.8) is 0 Å². The molecule has 0 heterocycles. The van der Waals surface area contributed by atoms with Gasteiger partial charge in [0, 0.05) is 26.2 Å². The van der Waals surface area contributed by atoms with Crippen LogP contribution in [0.25, 0.3) is 0 Å². The van der Waals surface area contributed by atoms with E-state index in [4.69, 9.17) is 14.6 Å². The van der Waals surface area contributed by atoms with Gasteiger partial charge in [-0.05, 0) is 48.0 Å². The summed E-state index contributed by atoms with van der Waals surface area (Å²) in [5, 5.41) is 8.97. The van der Waals surface area contributed by atoms with Gasteiger partial charge in [-0.1, -0.05) is 0 Å². The van der Waals surface area contributed by atoms with Crippen molar-refractivity contribution < 1.29 is 24.2 Å². The number of esters is 2. The SMILES string of the molecule is CC(C)(C)OC(=O)CCN(CCCO)CCC(=O)OC(C)(C)C. The smallest absolute Gasteiger partial charge is 0.307 e. The van der Waals surface area contributed by atoms with Crippen molar-refractivity contribution in [2.24, 2.45) is 0 Å². The van der Waals surface area contributed by atoms with Crippen molar-refractivity contribution in [2.45, 2.75) is 72.0 Å². The van der Waals surface area contributed by atoms with E-state index in [9.17, 15) is 9.59 Å². The first-order valence-corrected chi connectivity index (χ1v) is 8.20.